The summed E-state index contributed by atoms with van der Waals surface area (Å²) in [4.78, 5) is 16.7. The molecule has 0 bridgehead atoms. The van der Waals surface area contributed by atoms with Gasteiger partial charge in [0, 0.05) is 16.6 Å². The molecule has 0 radical (unpaired) electrons. The summed E-state index contributed by atoms with van der Waals surface area (Å²) in [6.07, 6.45) is 0. The fourth-order valence-corrected chi connectivity index (χ4v) is 2.98. The molecule has 5 heteroatoms. The van der Waals surface area contributed by atoms with Crippen molar-refractivity contribution in [2.45, 2.75) is 13.8 Å². The Morgan fingerprint density at radius 2 is 1.87 bits per heavy atom. The molecule has 0 aliphatic carbocycles. The van der Waals surface area contributed by atoms with Crippen molar-refractivity contribution in [2.24, 2.45) is 0 Å². The van der Waals surface area contributed by atoms with E-state index in [9.17, 15) is 9.18 Å². The molecule has 0 fully saturated rings. The van der Waals surface area contributed by atoms with Crippen LogP contribution < -0.4 is 5.32 Å². The van der Waals surface area contributed by atoms with Gasteiger partial charge in [-0.1, -0.05) is 12.1 Å². The molecule has 1 amide bonds. The highest BCUT2D eigenvalue weighted by Crippen LogP contribution is 2.25. The molecule has 0 atom stereocenters. The minimum atomic E-state index is -0.293. The second-order valence-electron chi connectivity index (χ2n) is 5.25. The lowest BCUT2D eigenvalue weighted by Gasteiger charge is -2.09. The Morgan fingerprint density at radius 1 is 1.13 bits per heavy atom. The van der Waals surface area contributed by atoms with Crippen LogP contribution in [0.3, 0.4) is 0 Å². The maximum absolute atomic E-state index is 13.0. The smallest absolute Gasteiger partial charge is 0.275 e. The predicted molar refractivity (Wildman–Crippen MR) is 91.4 cm³/mol. The number of benzene rings is 2. The van der Waals surface area contributed by atoms with E-state index < -0.39 is 0 Å². The molecule has 116 valence electrons. The van der Waals surface area contributed by atoms with E-state index in [2.05, 4.69) is 10.3 Å². The van der Waals surface area contributed by atoms with Crippen LogP contribution in [-0.2, 0) is 0 Å². The molecule has 1 heterocycles. The van der Waals surface area contributed by atoms with Crippen LogP contribution in [0.15, 0.2) is 47.8 Å². The van der Waals surface area contributed by atoms with E-state index in [1.165, 1.54) is 23.5 Å². The molecule has 0 saturated carbocycles. The number of halogens is 1. The van der Waals surface area contributed by atoms with Crippen molar-refractivity contribution < 1.29 is 9.18 Å². The number of aromatic nitrogens is 1. The summed E-state index contributed by atoms with van der Waals surface area (Å²) in [7, 11) is 0. The zero-order chi connectivity index (χ0) is 16.4. The quantitative estimate of drug-likeness (QED) is 0.750. The third kappa shape index (κ3) is 3.29. The fourth-order valence-electron chi connectivity index (χ4n) is 2.18. The minimum absolute atomic E-state index is 0.247. The highest BCUT2D eigenvalue weighted by atomic mass is 32.1. The fraction of sp³-hybridized carbons (Fsp3) is 0.111. The first kappa shape index (κ1) is 15.4. The van der Waals surface area contributed by atoms with Gasteiger partial charge in [-0.15, -0.1) is 11.3 Å². The lowest BCUT2D eigenvalue weighted by atomic mass is 10.1. The van der Waals surface area contributed by atoms with Gasteiger partial charge in [0.2, 0.25) is 0 Å². The highest BCUT2D eigenvalue weighted by Gasteiger charge is 2.13. The van der Waals surface area contributed by atoms with Gasteiger partial charge in [-0.25, -0.2) is 9.37 Å². The summed E-state index contributed by atoms with van der Waals surface area (Å²) >= 11 is 1.36. The van der Waals surface area contributed by atoms with Crippen LogP contribution in [0.4, 0.5) is 10.1 Å². The van der Waals surface area contributed by atoms with Crippen molar-refractivity contribution >= 4 is 22.9 Å². The van der Waals surface area contributed by atoms with Gasteiger partial charge in [0.05, 0.1) is 0 Å². The number of nitrogens with one attached hydrogen (secondary N) is 1. The Bertz CT molecular complexity index is 856. The third-order valence-corrected chi connectivity index (χ3v) is 4.57. The molecule has 2 aromatic carbocycles. The van der Waals surface area contributed by atoms with Crippen LogP contribution in [0, 0.1) is 19.7 Å². The number of aryl methyl sites for hydroxylation is 1. The number of amides is 1. The predicted octanol–water partition coefficient (Wildman–Crippen LogP) is 4.82. The number of hydrogen-bond donors (Lipinski definition) is 1. The van der Waals surface area contributed by atoms with Crippen LogP contribution in [-0.4, -0.2) is 10.9 Å². The van der Waals surface area contributed by atoms with Crippen molar-refractivity contribution in [1.82, 2.24) is 4.98 Å². The number of carbonyl (C=O) groups excluding carboxylic acids is 1. The number of nitrogens with zero attached hydrogens (tertiary/aromatic N) is 1. The van der Waals surface area contributed by atoms with Gasteiger partial charge < -0.3 is 5.32 Å². The molecule has 3 rings (SSSR count). The minimum Gasteiger partial charge on any atom is -0.320 e. The third-order valence-electron chi connectivity index (χ3n) is 3.68. The van der Waals surface area contributed by atoms with Crippen molar-refractivity contribution in [3.63, 3.8) is 0 Å². The van der Waals surface area contributed by atoms with E-state index in [0.717, 1.165) is 22.4 Å². The van der Waals surface area contributed by atoms with E-state index in [1.54, 1.807) is 17.5 Å². The van der Waals surface area contributed by atoms with Crippen molar-refractivity contribution in [2.75, 3.05) is 5.32 Å². The number of rotatable bonds is 3. The summed E-state index contributed by atoms with van der Waals surface area (Å²) < 4.78 is 13.0. The van der Waals surface area contributed by atoms with Crippen molar-refractivity contribution in [1.29, 1.82) is 0 Å². The number of hydrogen-bond acceptors (Lipinski definition) is 3. The average Bonchev–Trinajstić information content (AvgIpc) is 3.02. The molecular weight excluding hydrogens is 311 g/mol. The first-order chi connectivity index (χ1) is 11.0. The van der Waals surface area contributed by atoms with Crippen molar-refractivity contribution in [3.8, 4) is 10.6 Å². The normalized spacial score (nSPS) is 10.6. The molecule has 0 spiro atoms. The molecule has 23 heavy (non-hydrogen) atoms. The van der Waals surface area contributed by atoms with Crippen LogP contribution in [0.5, 0.6) is 0 Å². The summed E-state index contributed by atoms with van der Waals surface area (Å²) in [6, 6.07) is 11.8. The van der Waals surface area contributed by atoms with Crippen LogP contribution >= 0.6 is 11.3 Å². The van der Waals surface area contributed by atoms with Crippen LogP contribution in [0.1, 0.15) is 21.6 Å². The summed E-state index contributed by atoms with van der Waals surface area (Å²) in [5, 5.41) is 5.28. The lowest BCUT2D eigenvalue weighted by molar-refractivity contribution is 0.102. The van der Waals surface area contributed by atoms with Crippen LogP contribution in [0.2, 0.25) is 0 Å². The molecule has 1 N–H and O–H groups in total. The maximum Gasteiger partial charge on any atom is 0.275 e. The average molecular weight is 326 g/mol. The number of carbonyl (C=O) groups is 1. The first-order valence-electron chi connectivity index (χ1n) is 7.13. The van der Waals surface area contributed by atoms with E-state index in [4.69, 9.17) is 0 Å². The SMILES string of the molecule is Cc1cccc(NC(=O)c2csc(-c3ccc(F)cc3)n2)c1C. The molecule has 0 unspecified atom stereocenters. The van der Waals surface area contributed by atoms with Gasteiger partial charge in [-0.2, -0.15) is 0 Å². The van der Waals surface area contributed by atoms with E-state index >= 15 is 0 Å². The van der Waals surface area contributed by atoms with Gasteiger partial charge in [-0.05, 0) is 55.3 Å². The number of thiazole rings is 1. The second-order valence-corrected chi connectivity index (χ2v) is 6.10. The molecule has 3 aromatic rings. The molecule has 1 aromatic heterocycles. The Hall–Kier alpha value is -2.53. The molecule has 0 aliphatic heterocycles. The molecule has 0 saturated heterocycles. The Labute approximate surface area is 137 Å². The van der Waals surface area contributed by atoms with Crippen LogP contribution in [0.25, 0.3) is 10.6 Å². The maximum atomic E-state index is 13.0. The zero-order valence-electron chi connectivity index (χ0n) is 12.8. The topological polar surface area (TPSA) is 42.0 Å². The molecular formula is C18H15FN2OS. The highest BCUT2D eigenvalue weighted by molar-refractivity contribution is 7.13. The zero-order valence-corrected chi connectivity index (χ0v) is 13.6. The summed E-state index contributed by atoms with van der Waals surface area (Å²) in [5.74, 6) is -0.540. The van der Waals surface area contributed by atoms with Gasteiger partial charge >= 0.3 is 0 Å². The van der Waals surface area contributed by atoms with Gasteiger partial charge in [0.25, 0.3) is 5.91 Å². The van der Waals surface area contributed by atoms with Crippen molar-refractivity contribution in [3.05, 3.63) is 70.5 Å². The van der Waals surface area contributed by atoms with E-state index in [-0.39, 0.29) is 11.7 Å². The largest absolute Gasteiger partial charge is 0.320 e. The lowest BCUT2D eigenvalue weighted by Crippen LogP contribution is -2.13. The Balaban J connectivity index is 1.81. The summed E-state index contributed by atoms with van der Waals surface area (Å²) in [5.41, 5.74) is 4.09. The van der Waals surface area contributed by atoms with Gasteiger partial charge in [0.15, 0.2) is 0 Å². The monoisotopic (exact) mass is 326 g/mol. The second kappa shape index (κ2) is 6.30. The molecule has 0 aliphatic rings. The Kier molecular flexibility index (Phi) is 4.21. The summed E-state index contributed by atoms with van der Waals surface area (Å²) in [6.45, 7) is 3.97. The number of anilines is 1. The Morgan fingerprint density at radius 3 is 2.61 bits per heavy atom. The van der Waals surface area contributed by atoms with E-state index in [1.807, 2.05) is 32.0 Å². The van der Waals surface area contributed by atoms with Gasteiger partial charge in [0.1, 0.15) is 16.5 Å². The standard InChI is InChI=1S/C18H15FN2OS/c1-11-4-3-5-15(12(11)2)20-17(22)16-10-23-18(21-16)13-6-8-14(19)9-7-13/h3-10H,1-2H3,(H,20,22). The first-order valence-corrected chi connectivity index (χ1v) is 8.01. The van der Waals surface area contributed by atoms with E-state index in [0.29, 0.717) is 10.7 Å². The molecule has 3 nitrogen and oxygen atoms in total. The van der Waals surface area contributed by atoms with Gasteiger partial charge in [-0.3, -0.25) is 4.79 Å².